The van der Waals surface area contributed by atoms with Crippen LogP contribution in [-0.2, 0) is 0 Å². The molecule has 0 aliphatic heterocycles. The molecule has 1 N–H and O–H groups in total. The second kappa shape index (κ2) is 3.39. The summed E-state index contributed by atoms with van der Waals surface area (Å²) in [5.74, 6) is 0.101. The van der Waals surface area contributed by atoms with Crippen LogP contribution < -0.4 is 0 Å². The quantitative estimate of drug-likeness (QED) is 0.849. The number of aliphatic hydroxyl groups excluding tert-OH is 1. The summed E-state index contributed by atoms with van der Waals surface area (Å²) < 4.78 is 13.3. The molecule has 70 valence electrons. The van der Waals surface area contributed by atoms with E-state index in [2.05, 4.69) is 15.9 Å². The fraction of sp³-hybridized carbons (Fsp3) is 0.400. The molecular weight excluding hydrogens is 235 g/mol. The second-order valence-corrected chi connectivity index (χ2v) is 4.31. The predicted molar refractivity (Wildman–Crippen MR) is 51.8 cm³/mol. The van der Waals surface area contributed by atoms with Gasteiger partial charge in [-0.05, 0) is 52.4 Å². The molecule has 1 aliphatic carbocycles. The summed E-state index contributed by atoms with van der Waals surface area (Å²) in [6.45, 7) is 0. The lowest BCUT2D eigenvalue weighted by atomic mass is 10.1. The molecule has 1 aliphatic rings. The van der Waals surface area contributed by atoms with Crippen LogP contribution >= 0.6 is 15.9 Å². The van der Waals surface area contributed by atoms with Crippen LogP contribution in [0.2, 0.25) is 0 Å². The lowest BCUT2D eigenvalue weighted by Gasteiger charge is -2.09. The summed E-state index contributed by atoms with van der Waals surface area (Å²) in [4.78, 5) is 0. The minimum absolute atomic E-state index is 0.285. The van der Waals surface area contributed by atoms with Gasteiger partial charge in [-0.25, -0.2) is 4.39 Å². The molecule has 2 rings (SSSR count). The monoisotopic (exact) mass is 244 g/mol. The van der Waals surface area contributed by atoms with Crippen LogP contribution in [0.15, 0.2) is 22.7 Å². The summed E-state index contributed by atoms with van der Waals surface area (Å²) >= 11 is 3.10. The van der Waals surface area contributed by atoms with E-state index in [-0.39, 0.29) is 5.82 Å². The van der Waals surface area contributed by atoms with Gasteiger partial charge in [0.05, 0.1) is 10.6 Å². The molecule has 0 saturated heterocycles. The minimum Gasteiger partial charge on any atom is -0.388 e. The third kappa shape index (κ3) is 1.92. The van der Waals surface area contributed by atoms with Crippen molar-refractivity contribution in [2.24, 2.45) is 5.92 Å². The maximum atomic E-state index is 12.9. The van der Waals surface area contributed by atoms with Crippen molar-refractivity contribution >= 4 is 15.9 Å². The fourth-order valence-electron chi connectivity index (χ4n) is 1.38. The van der Waals surface area contributed by atoms with Crippen LogP contribution in [0, 0.1) is 11.7 Å². The van der Waals surface area contributed by atoms with Crippen LogP contribution in [0.5, 0.6) is 0 Å². The van der Waals surface area contributed by atoms with Crippen LogP contribution in [0.1, 0.15) is 24.5 Å². The van der Waals surface area contributed by atoms with E-state index in [1.165, 1.54) is 6.07 Å². The van der Waals surface area contributed by atoms with E-state index >= 15 is 0 Å². The van der Waals surface area contributed by atoms with Crippen LogP contribution in [0.4, 0.5) is 4.39 Å². The normalized spacial score (nSPS) is 18.7. The van der Waals surface area contributed by atoms with Gasteiger partial charge in [0.1, 0.15) is 5.82 Å². The molecule has 0 amide bonds. The molecule has 1 fully saturated rings. The van der Waals surface area contributed by atoms with E-state index in [0.717, 1.165) is 18.4 Å². The Labute approximate surface area is 84.7 Å². The van der Waals surface area contributed by atoms with Gasteiger partial charge in [-0.2, -0.15) is 0 Å². The Morgan fingerprint density at radius 3 is 2.69 bits per heavy atom. The maximum Gasteiger partial charge on any atom is 0.137 e. The van der Waals surface area contributed by atoms with Gasteiger partial charge in [-0.15, -0.1) is 0 Å². The Hall–Kier alpha value is -0.410. The Bertz CT molecular complexity index is 323. The van der Waals surface area contributed by atoms with Crippen LogP contribution in [0.3, 0.4) is 0 Å². The highest BCUT2D eigenvalue weighted by Gasteiger charge is 2.30. The van der Waals surface area contributed by atoms with Gasteiger partial charge in [0.25, 0.3) is 0 Å². The summed E-state index contributed by atoms with van der Waals surface area (Å²) in [7, 11) is 0. The molecule has 0 spiro atoms. The summed E-state index contributed by atoms with van der Waals surface area (Å²) in [5.41, 5.74) is 0.802. The molecule has 13 heavy (non-hydrogen) atoms. The van der Waals surface area contributed by atoms with Gasteiger partial charge < -0.3 is 5.11 Å². The molecule has 3 heteroatoms. The molecule has 1 saturated carbocycles. The number of rotatable bonds is 2. The Balaban J connectivity index is 2.24. The van der Waals surface area contributed by atoms with E-state index in [0.29, 0.717) is 10.4 Å². The molecule has 0 aromatic heterocycles. The minimum atomic E-state index is -0.420. The van der Waals surface area contributed by atoms with Crippen molar-refractivity contribution < 1.29 is 9.50 Å². The highest BCUT2D eigenvalue weighted by Crippen LogP contribution is 2.41. The average Bonchev–Trinajstić information content (AvgIpc) is 2.91. The maximum absolute atomic E-state index is 12.9. The number of halogens is 2. The lowest BCUT2D eigenvalue weighted by Crippen LogP contribution is -1.99. The number of hydrogen-bond acceptors (Lipinski definition) is 1. The zero-order valence-electron chi connectivity index (χ0n) is 7.00. The highest BCUT2D eigenvalue weighted by molar-refractivity contribution is 9.10. The van der Waals surface area contributed by atoms with Gasteiger partial charge in [-0.3, -0.25) is 0 Å². The van der Waals surface area contributed by atoms with E-state index in [1.807, 2.05) is 0 Å². The van der Waals surface area contributed by atoms with E-state index in [1.54, 1.807) is 12.1 Å². The Morgan fingerprint density at radius 1 is 1.46 bits per heavy atom. The van der Waals surface area contributed by atoms with Crippen molar-refractivity contribution in [1.82, 2.24) is 0 Å². The van der Waals surface area contributed by atoms with Crippen molar-refractivity contribution in [3.05, 3.63) is 34.1 Å². The molecule has 1 aromatic carbocycles. The summed E-state index contributed by atoms with van der Waals surface area (Å²) in [5, 5.41) is 9.73. The molecule has 1 nitrogen and oxygen atoms in total. The topological polar surface area (TPSA) is 20.2 Å². The van der Waals surface area contributed by atoms with Crippen molar-refractivity contribution in [1.29, 1.82) is 0 Å². The summed E-state index contributed by atoms with van der Waals surface area (Å²) in [6, 6.07) is 4.67. The van der Waals surface area contributed by atoms with Crippen LogP contribution in [-0.4, -0.2) is 5.11 Å². The van der Waals surface area contributed by atoms with Crippen molar-refractivity contribution in [3.8, 4) is 0 Å². The lowest BCUT2D eigenvalue weighted by molar-refractivity contribution is 0.153. The first kappa shape index (κ1) is 9.16. The van der Waals surface area contributed by atoms with Crippen molar-refractivity contribution in [2.45, 2.75) is 18.9 Å². The number of hydrogen-bond donors (Lipinski definition) is 1. The molecule has 1 atom stereocenters. The zero-order valence-corrected chi connectivity index (χ0v) is 8.59. The largest absolute Gasteiger partial charge is 0.388 e. The van der Waals surface area contributed by atoms with Gasteiger partial charge >= 0.3 is 0 Å². The van der Waals surface area contributed by atoms with Gasteiger partial charge in [-0.1, -0.05) is 6.07 Å². The zero-order chi connectivity index (χ0) is 9.42. The van der Waals surface area contributed by atoms with Crippen molar-refractivity contribution in [3.63, 3.8) is 0 Å². The molecule has 0 bridgehead atoms. The van der Waals surface area contributed by atoms with Gasteiger partial charge in [0.15, 0.2) is 0 Å². The molecule has 1 aromatic rings. The first-order valence-electron chi connectivity index (χ1n) is 4.31. The third-order valence-electron chi connectivity index (χ3n) is 2.35. The first-order valence-corrected chi connectivity index (χ1v) is 5.11. The number of benzene rings is 1. The molecule has 0 unspecified atom stereocenters. The molecule has 0 heterocycles. The molecule has 0 radical (unpaired) electrons. The van der Waals surface area contributed by atoms with Crippen molar-refractivity contribution in [2.75, 3.05) is 0 Å². The highest BCUT2D eigenvalue weighted by atomic mass is 79.9. The van der Waals surface area contributed by atoms with E-state index < -0.39 is 6.10 Å². The second-order valence-electron chi connectivity index (χ2n) is 3.46. The van der Waals surface area contributed by atoms with Gasteiger partial charge in [0.2, 0.25) is 0 Å². The van der Waals surface area contributed by atoms with Crippen LogP contribution in [0.25, 0.3) is 0 Å². The fourth-order valence-corrected chi connectivity index (χ4v) is 1.78. The Kier molecular flexibility index (Phi) is 2.39. The SMILES string of the molecule is O[C@H](c1ccc(F)c(Br)c1)C1CC1. The third-order valence-corrected chi connectivity index (χ3v) is 2.96. The molecular formula is C10H10BrFO. The van der Waals surface area contributed by atoms with E-state index in [9.17, 15) is 9.50 Å². The van der Waals surface area contributed by atoms with Gasteiger partial charge in [0, 0.05) is 0 Å². The first-order chi connectivity index (χ1) is 6.18. The average molecular weight is 245 g/mol. The Morgan fingerprint density at radius 2 is 2.15 bits per heavy atom. The summed E-state index contributed by atoms with van der Waals surface area (Å²) in [6.07, 6.45) is 1.74. The van der Waals surface area contributed by atoms with E-state index in [4.69, 9.17) is 0 Å². The standard InChI is InChI=1S/C10H10BrFO/c11-8-5-7(3-4-9(8)12)10(13)6-1-2-6/h3-6,10,13H,1-2H2/t10-/m0/s1. The smallest absolute Gasteiger partial charge is 0.137 e. The predicted octanol–water partition coefficient (Wildman–Crippen LogP) is 3.03. The number of aliphatic hydroxyl groups is 1.